The molecule has 0 aromatic carbocycles. The maximum atomic E-state index is 12.3. The van der Waals surface area contributed by atoms with Crippen LogP contribution in [0, 0.1) is 19.8 Å². The average Bonchev–Trinajstić information content (AvgIpc) is 2.91. The minimum Gasteiger partial charge on any atom is -0.361 e. The van der Waals surface area contributed by atoms with E-state index in [1.54, 1.807) is 20.9 Å². The molecule has 2 amide bonds. The van der Waals surface area contributed by atoms with Crippen LogP contribution in [0.15, 0.2) is 4.52 Å². The molecule has 2 heterocycles. The van der Waals surface area contributed by atoms with E-state index in [1.807, 2.05) is 11.9 Å². The Kier molecular flexibility index (Phi) is 4.08. The number of hydrogen-bond donors (Lipinski definition) is 2. The van der Waals surface area contributed by atoms with E-state index in [4.69, 9.17) is 4.52 Å². The van der Waals surface area contributed by atoms with Crippen LogP contribution in [0.4, 0.5) is 0 Å². The van der Waals surface area contributed by atoms with Crippen LogP contribution < -0.4 is 10.6 Å². The van der Waals surface area contributed by atoms with E-state index in [1.165, 1.54) is 0 Å². The Morgan fingerprint density at radius 1 is 1.35 bits per heavy atom. The van der Waals surface area contributed by atoms with Crippen molar-refractivity contribution in [2.24, 2.45) is 5.92 Å². The maximum absolute atomic E-state index is 12.3. The second kappa shape index (κ2) is 5.62. The molecule has 110 valence electrons. The number of amides is 2. The van der Waals surface area contributed by atoms with Crippen LogP contribution in [-0.2, 0) is 4.79 Å². The summed E-state index contributed by atoms with van der Waals surface area (Å²) in [7, 11) is 3.53. The fourth-order valence-corrected chi connectivity index (χ4v) is 2.65. The van der Waals surface area contributed by atoms with Crippen molar-refractivity contribution in [2.75, 3.05) is 27.2 Å². The Bertz CT molecular complexity index is 506. The zero-order valence-corrected chi connectivity index (χ0v) is 12.2. The lowest BCUT2D eigenvalue weighted by Gasteiger charge is -2.18. The summed E-state index contributed by atoms with van der Waals surface area (Å²) in [6, 6.07) is -0.207. The number of likely N-dealkylation sites (tertiary alicyclic amines) is 1. The van der Waals surface area contributed by atoms with Gasteiger partial charge >= 0.3 is 0 Å². The molecule has 0 aliphatic carbocycles. The van der Waals surface area contributed by atoms with Gasteiger partial charge in [0, 0.05) is 20.1 Å². The summed E-state index contributed by atoms with van der Waals surface area (Å²) in [5.41, 5.74) is 1.01. The number of carbonyl (C=O) groups excluding carboxylic acids is 2. The molecule has 7 nitrogen and oxygen atoms in total. The van der Waals surface area contributed by atoms with E-state index in [9.17, 15) is 9.59 Å². The van der Waals surface area contributed by atoms with Gasteiger partial charge in [-0.05, 0) is 20.9 Å². The van der Waals surface area contributed by atoms with E-state index >= 15 is 0 Å². The number of rotatable bonds is 3. The van der Waals surface area contributed by atoms with Gasteiger partial charge in [-0.2, -0.15) is 0 Å². The van der Waals surface area contributed by atoms with E-state index in [0.29, 0.717) is 30.1 Å². The molecule has 2 rings (SSSR count). The number of nitrogens with zero attached hydrogens (tertiary/aromatic N) is 2. The van der Waals surface area contributed by atoms with Gasteiger partial charge < -0.3 is 20.1 Å². The molecule has 1 aromatic heterocycles. The van der Waals surface area contributed by atoms with Gasteiger partial charge in [-0.15, -0.1) is 0 Å². The molecule has 2 N–H and O–H groups in total. The van der Waals surface area contributed by atoms with Gasteiger partial charge in [-0.25, -0.2) is 0 Å². The summed E-state index contributed by atoms with van der Waals surface area (Å²) in [6.07, 6.45) is 0. The Hall–Kier alpha value is -1.89. The lowest BCUT2D eigenvalue weighted by atomic mass is 10.0. The van der Waals surface area contributed by atoms with Crippen molar-refractivity contribution in [2.45, 2.75) is 19.9 Å². The van der Waals surface area contributed by atoms with Gasteiger partial charge in [-0.1, -0.05) is 5.16 Å². The minimum absolute atomic E-state index is 0.0570. The summed E-state index contributed by atoms with van der Waals surface area (Å²) in [4.78, 5) is 26.2. The van der Waals surface area contributed by atoms with Gasteiger partial charge in [0.25, 0.3) is 5.91 Å². The lowest BCUT2D eigenvalue weighted by Crippen LogP contribution is -2.45. The standard InChI is InChI=1S/C13H20N4O3/c1-7-11(8(2)20-16-7)13(19)15-10-6-17(4)5-9(10)12(18)14-3/h9-10H,5-6H2,1-4H3,(H,14,18)(H,15,19)/t9-,10+/m1/s1. The smallest absolute Gasteiger partial charge is 0.257 e. The number of carbonyl (C=O) groups is 2. The number of aromatic nitrogens is 1. The number of hydrogen-bond acceptors (Lipinski definition) is 5. The Labute approximate surface area is 117 Å². The van der Waals surface area contributed by atoms with Gasteiger partial charge in [0.05, 0.1) is 17.7 Å². The van der Waals surface area contributed by atoms with E-state index in [2.05, 4.69) is 15.8 Å². The predicted molar refractivity (Wildman–Crippen MR) is 72.3 cm³/mol. The highest BCUT2D eigenvalue weighted by Crippen LogP contribution is 2.18. The van der Waals surface area contributed by atoms with Crippen molar-refractivity contribution >= 4 is 11.8 Å². The third-order valence-electron chi connectivity index (χ3n) is 3.66. The number of nitrogens with one attached hydrogen (secondary N) is 2. The molecule has 2 atom stereocenters. The molecule has 0 bridgehead atoms. The molecular formula is C13H20N4O3. The Balaban J connectivity index is 2.12. The Morgan fingerprint density at radius 3 is 2.60 bits per heavy atom. The quantitative estimate of drug-likeness (QED) is 0.793. The molecule has 0 spiro atoms. The molecule has 1 fully saturated rings. The molecule has 7 heteroatoms. The third-order valence-corrected chi connectivity index (χ3v) is 3.66. The average molecular weight is 280 g/mol. The zero-order chi connectivity index (χ0) is 14.9. The van der Waals surface area contributed by atoms with Crippen molar-refractivity contribution in [3.8, 4) is 0 Å². The fraction of sp³-hybridized carbons (Fsp3) is 0.615. The summed E-state index contributed by atoms with van der Waals surface area (Å²) >= 11 is 0. The van der Waals surface area contributed by atoms with Crippen LogP contribution in [0.5, 0.6) is 0 Å². The summed E-state index contributed by atoms with van der Waals surface area (Å²) in [6.45, 7) is 4.70. The van der Waals surface area contributed by atoms with Crippen molar-refractivity contribution in [3.63, 3.8) is 0 Å². The van der Waals surface area contributed by atoms with Gasteiger partial charge in [0.2, 0.25) is 5.91 Å². The highest BCUT2D eigenvalue weighted by molar-refractivity contribution is 5.96. The molecule has 0 saturated carbocycles. The second-order valence-corrected chi connectivity index (χ2v) is 5.22. The zero-order valence-electron chi connectivity index (χ0n) is 12.2. The predicted octanol–water partition coefficient (Wildman–Crippen LogP) is -0.303. The van der Waals surface area contributed by atoms with Crippen molar-refractivity contribution in [1.82, 2.24) is 20.7 Å². The molecule has 1 aromatic rings. The summed E-state index contributed by atoms with van der Waals surface area (Å²) < 4.78 is 5.00. The van der Waals surface area contributed by atoms with Crippen LogP contribution >= 0.6 is 0 Å². The third kappa shape index (κ3) is 2.67. The summed E-state index contributed by atoms with van der Waals surface area (Å²) in [5.74, 6) is -0.0499. The highest BCUT2D eigenvalue weighted by atomic mass is 16.5. The molecule has 20 heavy (non-hydrogen) atoms. The second-order valence-electron chi connectivity index (χ2n) is 5.22. The van der Waals surface area contributed by atoms with Crippen LogP contribution in [-0.4, -0.2) is 55.1 Å². The molecule has 0 radical (unpaired) electrons. The Morgan fingerprint density at radius 2 is 2.05 bits per heavy atom. The maximum Gasteiger partial charge on any atom is 0.257 e. The minimum atomic E-state index is -0.241. The van der Waals surface area contributed by atoms with E-state index < -0.39 is 0 Å². The molecule has 1 saturated heterocycles. The van der Waals surface area contributed by atoms with Crippen LogP contribution in [0.25, 0.3) is 0 Å². The van der Waals surface area contributed by atoms with Crippen LogP contribution in [0.1, 0.15) is 21.8 Å². The van der Waals surface area contributed by atoms with E-state index in [-0.39, 0.29) is 23.8 Å². The topological polar surface area (TPSA) is 87.5 Å². The molecular weight excluding hydrogens is 260 g/mol. The fourth-order valence-electron chi connectivity index (χ4n) is 2.65. The molecule has 1 aliphatic heterocycles. The van der Waals surface area contributed by atoms with Gasteiger partial charge in [0.1, 0.15) is 11.3 Å². The van der Waals surface area contributed by atoms with E-state index in [0.717, 1.165) is 0 Å². The van der Waals surface area contributed by atoms with Crippen molar-refractivity contribution < 1.29 is 14.1 Å². The van der Waals surface area contributed by atoms with Crippen LogP contribution in [0.3, 0.4) is 0 Å². The highest BCUT2D eigenvalue weighted by Gasteiger charge is 2.37. The first kappa shape index (κ1) is 14.5. The first-order valence-corrected chi connectivity index (χ1v) is 6.58. The lowest BCUT2D eigenvalue weighted by molar-refractivity contribution is -0.124. The van der Waals surface area contributed by atoms with Crippen molar-refractivity contribution in [1.29, 1.82) is 0 Å². The number of likely N-dealkylation sites (N-methyl/N-ethyl adjacent to an activating group) is 1. The van der Waals surface area contributed by atoms with Crippen molar-refractivity contribution in [3.05, 3.63) is 17.0 Å². The first-order valence-electron chi connectivity index (χ1n) is 6.58. The first-order chi connectivity index (χ1) is 9.43. The molecule has 1 aliphatic rings. The monoisotopic (exact) mass is 280 g/mol. The normalized spacial score (nSPS) is 22.8. The van der Waals surface area contributed by atoms with Crippen LogP contribution in [0.2, 0.25) is 0 Å². The summed E-state index contributed by atoms with van der Waals surface area (Å²) in [5, 5.41) is 9.33. The molecule has 0 unspecified atom stereocenters. The van der Waals surface area contributed by atoms with Gasteiger partial charge in [-0.3, -0.25) is 9.59 Å². The van der Waals surface area contributed by atoms with Gasteiger partial charge in [0.15, 0.2) is 0 Å². The number of aryl methyl sites for hydroxylation is 2. The largest absolute Gasteiger partial charge is 0.361 e. The SMILES string of the molecule is CNC(=O)[C@@H]1CN(C)C[C@@H]1NC(=O)c1c(C)noc1C.